The summed E-state index contributed by atoms with van der Waals surface area (Å²) in [6.45, 7) is 4.36. The minimum Gasteiger partial charge on any atom is -0.427 e. The second-order valence-corrected chi connectivity index (χ2v) is 6.99. The molecule has 4 rings (SSSR count). The summed E-state index contributed by atoms with van der Waals surface area (Å²) in [5.41, 5.74) is 5.98. The molecule has 1 N–H and O–H groups in total. The predicted octanol–water partition coefficient (Wildman–Crippen LogP) is 2.16. The Labute approximate surface area is 149 Å². The Morgan fingerprint density at radius 3 is 2.72 bits per heavy atom. The molecular formula is C19H22B2FNO2. The van der Waals surface area contributed by atoms with Crippen molar-refractivity contribution in [3.05, 3.63) is 58.9 Å². The number of nitrogens with one attached hydrogen (secondary N) is 1. The molecule has 0 radical (unpaired) electrons. The summed E-state index contributed by atoms with van der Waals surface area (Å²) < 4.78 is 24.9. The second kappa shape index (κ2) is 7.32. The van der Waals surface area contributed by atoms with E-state index in [1.54, 1.807) is 6.07 Å². The number of aryl methyl sites for hydroxylation is 1. The molecule has 0 saturated heterocycles. The van der Waals surface area contributed by atoms with E-state index in [0.29, 0.717) is 13.2 Å². The van der Waals surface area contributed by atoms with Crippen LogP contribution in [0.1, 0.15) is 29.5 Å². The van der Waals surface area contributed by atoms with Crippen LogP contribution in [0.3, 0.4) is 0 Å². The van der Waals surface area contributed by atoms with Crippen LogP contribution >= 0.6 is 0 Å². The molecule has 0 atom stereocenters. The topological polar surface area (TPSA) is 30.5 Å². The van der Waals surface area contributed by atoms with Gasteiger partial charge in [-0.15, -0.1) is 0 Å². The molecule has 0 unspecified atom stereocenters. The van der Waals surface area contributed by atoms with Crippen molar-refractivity contribution < 1.29 is 13.7 Å². The van der Waals surface area contributed by atoms with Crippen molar-refractivity contribution in [1.29, 1.82) is 0 Å². The summed E-state index contributed by atoms with van der Waals surface area (Å²) in [5.74, 6) is -0.181. The normalized spacial score (nSPS) is 15.6. The molecule has 2 heterocycles. The number of fused-ring (bicyclic) bond motifs is 2. The minimum atomic E-state index is -0.181. The average molecular weight is 337 g/mol. The van der Waals surface area contributed by atoms with Gasteiger partial charge in [0.25, 0.3) is 0 Å². The highest BCUT2D eigenvalue weighted by Gasteiger charge is 2.29. The van der Waals surface area contributed by atoms with Crippen LogP contribution in [0.15, 0.2) is 36.4 Å². The van der Waals surface area contributed by atoms with Crippen LogP contribution in [0.4, 0.5) is 4.39 Å². The van der Waals surface area contributed by atoms with Crippen LogP contribution in [-0.2, 0) is 22.5 Å². The molecular weight excluding hydrogens is 315 g/mol. The number of rotatable bonds is 6. The van der Waals surface area contributed by atoms with Crippen molar-refractivity contribution in [3.8, 4) is 0 Å². The summed E-state index contributed by atoms with van der Waals surface area (Å²) >= 11 is 0. The zero-order chi connectivity index (χ0) is 17.2. The van der Waals surface area contributed by atoms with Gasteiger partial charge in [-0.1, -0.05) is 36.2 Å². The molecule has 2 aliphatic heterocycles. The first-order valence-corrected chi connectivity index (χ1v) is 9.05. The summed E-state index contributed by atoms with van der Waals surface area (Å²) in [4.78, 5) is 0. The molecule has 3 nitrogen and oxygen atoms in total. The molecule has 25 heavy (non-hydrogen) atoms. The summed E-state index contributed by atoms with van der Waals surface area (Å²) in [6, 6.07) is 11.5. The number of halogens is 1. The van der Waals surface area contributed by atoms with Gasteiger partial charge in [0.15, 0.2) is 0 Å². The Morgan fingerprint density at radius 1 is 1.00 bits per heavy atom. The third kappa shape index (κ3) is 3.66. The Morgan fingerprint density at radius 2 is 1.80 bits per heavy atom. The van der Waals surface area contributed by atoms with Gasteiger partial charge in [-0.25, -0.2) is 4.39 Å². The summed E-state index contributed by atoms with van der Waals surface area (Å²) in [5, 5.41) is 3.50. The maximum absolute atomic E-state index is 13.2. The van der Waals surface area contributed by atoms with E-state index < -0.39 is 0 Å². The summed E-state index contributed by atoms with van der Waals surface area (Å²) in [7, 11) is 0.0158. The Kier molecular flexibility index (Phi) is 4.93. The van der Waals surface area contributed by atoms with Crippen LogP contribution in [0.5, 0.6) is 0 Å². The van der Waals surface area contributed by atoms with Gasteiger partial charge in [-0.05, 0) is 60.4 Å². The summed E-state index contributed by atoms with van der Waals surface area (Å²) in [6.07, 6.45) is 3.11. The van der Waals surface area contributed by atoms with Crippen LogP contribution in [0.25, 0.3) is 0 Å². The number of hydrogen-bond acceptors (Lipinski definition) is 3. The standard InChI is InChI=1S/C19H22B2FNO2/c1-14-4-6-19-15(10-14)13-25-21(19)23-9-3-2-8-20-18-7-5-17(22)11-16(18)12-24-20/h4-7,10-11,23H,2-3,8-9,12-13H2,1H3. The molecule has 2 aromatic rings. The molecule has 0 fully saturated rings. The van der Waals surface area contributed by atoms with Crippen molar-refractivity contribution in [2.24, 2.45) is 0 Å². The second-order valence-electron chi connectivity index (χ2n) is 6.99. The first-order valence-electron chi connectivity index (χ1n) is 9.05. The van der Waals surface area contributed by atoms with Crippen molar-refractivity contribution >= 4 is 24.9 Å². The third-order valence-electron chi connectivity index (χ3n) is 5.10. The highest BCUT2D eigenvalue weighted by Crippen LogP contribution is 2.16. The SMILES string of the molecule is Cc1ccc2c(c1)COB2NCCCCB1OCc2cc(F)ccc21. The predicted molar refractivity (Wildman–Crippen MR) is 100.0 cm³/mol. The molecule has 0 bridgehead atoms. The van der Waals surface area contributed by atoms with Gasteiger partial charge in [-0.2, -0.15) is 0 Å². The van der Waals surface area contributed by atoms with E-state index >= 15 is 0 Å². The quantitative estimate of drug-likeness (QED) is 0.647. The molecule has 6 heteroatoms. The van der Waals surface area contributed by atoms with Gasteiger partial charge in [0.1, 0.15) is 5.82 Å². The van der Waals surface area contributed by atoms with Crippen molar-refractivity contribution in [2.45, 2.75) is 39.3 Å². The smallest absolute Gasteiger partial charge is 0.416 e. The van der Waals surface area contributed by atoms with Gasteiger partial charge in [0, 0.05) is 0 Å². The van der Waals surface area contributed by atoms with Crippen LogP contribution in [0.2, 0.25) is 6.32 Å². The Balaban J connectivity index is 1.22. The largest absolute Gasteiger partial charge is 0.427 e. The van der Waals surface area contributed by atoms with E-state index in [1.165, 1.54) is 22.7 Å². The van der Waals surface area contributed by atoms with Crippen LogP contribution in [-0.4, -0.2) is 20.5 Å². The fourth-order valence-electron chi connectivity index (χ4n) is 3.77. The molecule has 0 aliphatic carbocycles. The molecule has 0 amide bonds. The van der Waals surface area contributed by atoms with Crippen molar-refractivity contribution in [3.63, 3.8) is 0 Å². The lowest BCUT2D eigenvalue weighted by molar-refractivity contribution is 0.322. The van der Waals surface area contributed by atoms with Gasteiger partial charge in [0.05, 0.1) is 13.2 Å². The number of unbranched alkanes of at least 4 members (excludes halogenated alkanes) is 1. The monoisotopic (exact) mass is 337 g/mol. The highest BCUT2D eigenvalue weighted by atomic mass is 19.1. The maximum Gasteiger partial charge on any atom is 0.416 e. The fraction of sp³-hybridized carbons (Fsp3) is 0.368. The van der Waals surface area contributed by atoms with E-state index in [2.05, 4.69) is 30.4 Å². The average Bonchev–Trinajstić information content (AvgIpc) is 3.18. The minimum absolute atomic E-state index is 0.0158. The zero-order valence-corrected chi connectivity index (χ0v) is 14.6. The third-order valence-corrected chi connectivity index (χ3v) is 5.10. The lowest BCUT2D eigenvalue weighted by Crippen LogP contribution is -2.44. The van der Waals surface area contributed by atoms with E-state index in [-0.39, 0.29) is 19.8 Å². The zero-order valence-electron chi connectivity index (χ0n) is 14.6. The molecule has 0 aromatic heterocycles. The van der Waals surface area contributed by atoms with Crippen molar-refractivity contribution in [1.82, 2.24) is 5.23 Å². The van der Waals surface area contributed by atoms with E-state index in [9.17, 15) is 4.39 Å². The highest BCUT2D eigenvalue weighted by molar-refractivity contribution is 6.68. The van der Waals surface area contributed by atoms with Crippen molar-refractivity contribution in [2.75, 3.05) is 6.54 Å². The number of hydrogen-bond donors (Lipinski definition) is 1. The lowest BCUT2D eigenvalue weighted by atomic mass is 9.58. The molecule has 128 valence electrons. The number of benzene rings is 2. The van der Waals surface area contributed by atoms with Gasteiger partial charge < -0.3 is 14.5 Å². The van der Waals surface area contributed by atoms with E-state index in [1.807, 2.05) is 6.07 Å². The van der Waals surface area contributed by atoms with Gasteiger partial charge in [0.2, 0.25) is 0 Å². The lowest BCUT2D eigenvalue weighted by Gasteiger charge is -2.10. The molecule has 2 aliphatic rings. The maximum atomic E-state index is 13.2. The van der Waals surface area contributed by atoms with Gasteiger partial charge in [-0.3, -0.25) is 0 Å². The Hall–Kier alpha value is -1.62. The van der Waals surface area contributed by atoms with Crippen LogP contribution in [0, 0.1) is 12.7 Å². The van der Waals surface area contributed by atoms with Gasteiger partial charge >= 0.3 is 14.0 Å². The molecule has 0 spiro atoms. The molecule has 2 aromatic carbocycles. The van der Waals surface area contributed by atoms with E-state index in [4.69, 9.17) is 9.31 Å². The Bertz CT molecular complexity index is 708. The first kappa shape index (κ1) is 16.8. The van der Waals surface area contributed by atoms with E-state index in [0.717, 1.165) is 36.7 Å². The molecule has 0 saturated carbocycles. The van der Waals surface area contributed by atoms with Crippen LogP contribution < -0.4 is 16.2 Å². The fourth-order valence-corrected chi connectivity index (χ4v) is 3.77. The first-order chi connectivity index (χ1) is 12.2.